The van der Waals surface area contributed by atoms with Crippen molar-refractivity contribution in [3.63, 3.8) is 0 Å². The Hall–Kier alpha value is -0.0800. The molecular formula is C14H26O2. The van der Waals surface area contributed by atoms with Crippen LogP contribution in [0.4, 0.5) is 0 Å². The van der Waals surface area contributed by atoms with E-state index < -0.39 is 5.60 Å². The van der Waals surface area contributed by atoms with Gasteiger partial charge in [0.1, 0.15) is 0 Å². The van der Waals surface area contributed by atoms with Crippen molar-refractivity contribution in [1.29, 1.82) is 0 Å². The summed E-state index contributed by atoms with van der Waals surface area (Å²) in [6.07, 6.45) is 12.2. The van der Waals surface area contributed by atoms with Crippen molar-refractivity contribution in [3.8, 4) is 0 Å². The third-order valence-electron chi connectivity index (χ3n) is 4.67. The van der Waals surface area contributed by atoms with E-state index in [0.29, 0.717) is 12.0 Å². The SMILES string of the molecule is COC1CCCC(O)(C2CCCCCC2)C1. The Balaban J connectivity index is 1.98. The van der Waals surface area contributed by atoms with Gasteiger partial charge < -0.3 is 9.84 Å². The minimum absolute atomic E-state index is 0.294. The number of hydrogen-bond donors (Lipinski definition) is 1. The molecule has 2 rings (SSSR count). The maximum Gasteiger partial charge on any atom is 0.0700 e. The fourth-order valence-electron chi connectivity index (χ4n) is 3.62. The Bertz CT molecular complexity index is 209. The maximum atomic E-state index is 10.8. The van der Waals surface area contributed by atoms with Gasteiger partial charge in [0.25, 0.3) is 0 Å². The van der Waals surface area contributed by atoms with Crippen molar-refractivity contribution in [2.45, 2.75) is 75.9 Å². The lowest BCUT2D eigenvalue weighted by Gasteiger charge is -2.42. The zero-order chi connectivity index (χ0) is 11.4. The molecule has 2 atom stereocenters. The Morgan fingerprint density at radius 3 is 2.31 bits per heavy atom. The maximum absolute atomic E-state index is 10.8. The summed E-state index contributed by atoms with van der Waals surface area (Å²) < 4.78 is 5.45. The molecule has 0 saturated heterocycles. The van der Waals surface area contributed by atoms with Gasteiger partial charge in [-0.1, -0.05) is 25.7 Å². The Morgan fingerprint density at radius 2 is 1.69 bits per heavy atom. The van der Waals surface area contributed by atoms with Gasteiger partial charge in [-0.05, 0) is 38.0 Å². The van der Waals surface area contributed by atoms with Crippen LogP contribution in [0.15, 0.2) is 0 Å². The molecule has 0 spiro atoms. The molecule has 0 amide bonds. The molecule has 2 aliphatic rings. The number of aliphatic hydroxyl groups is 1. The zero-order valence-electron chi connectivity index (χ0n) is 10.6. The number of ether oxygens (including phenoxy) is 1. The summed E-state index contributed by atoms with van der Waals surface area (Å²) in [5.74, 6) is 0.535. The molecule has 0 aromatic carbocycles. The van der Waals surface area contributed by atoms with Gasteiger partial charge in [0.15, 0.2) is 0 Å². The molecule has 0 bridgehead atoms. The van der Waals surface area contributed by atoms with E-state index >= 15 is 0 Å². The van der Waals surface area contributed by atoms with E-state index in [2.05, 4.69) is 0 Å². The van der Waals surface area contributed by atoms with E-state index in [1.807, 2.05) is 0 Å². The van der Waals surface area contributed by atoms with Crippen molar-refractivity contribution >= 4 is 0 Å². The Morgan fingerprint density at radius 1 is 1.00 bits per heavy atom. The zero-order valence-corrected chi connectivity index (χ0v) is 10.6. The van der Waals surface area contributed by atoms with Crippen molar-refractivity contribution in [1.82, 2.24) is 0 Å². The predicted molar refractivity (Wildman–Crippen MR) is 65.4 cm³/mol. The van der Waals surface area contributed by atoms with Gasteiger partial charge in [0, 0.05) is 13.5 Å². The molecule has 16 heavy (non-hydrogen) atoms. The monoisotopic (exact) mass is 226 g/mol. The number of hydrogen-bond acceptors (Lipinski definition) is 2. The van der Waals surface area contributed by atoms with Crippen LogP contribution in [-0.2, 0) is 4.74 Å². The summed E-state index contributed by atoms with van der Waals surface area (Å²) >= 11 is 0. The first-order valence-corrected chi connectivity index (χ1v) is 7.00. The number of methoxy groups -OCH3 is 1. The van der Waals surface area contributed by atoms with Crippen LogP contribution in [0.5, 0.6) is 0 Å². The summed E-state index contributed by atoms with van der Waals surface area (Å²) in [5, 5.41) is 10.8. The van der Waals surface area contributed by atoms with Gasteiger partial charge in [-0.3, -0.25) is 0 Å². The standard InChI is InChI=1S/C14H26O2/c1-16-13-9-6-10-14(15,11-13)12-7-4-2-3-5-8-12/h12-13,15H,2-11H2,1H3. The first kappa shape index (κ1) is 12.4. The molecule has 2 saturated carbocycles. The minimum Gasteiger partial charge on any atom is -0.390 e. The first-order valence-electron chi connectivity index (χ1n) is 7.00. The van der Waals surface area contributed by atoms with Crippen LogP contribution in [0, 0.1) is 5.92 Å². The molecule has 0 radical (unpaired) electrons. The van der Waals surface area contributed by atoms with Crippen LogP contribution >= 0.6 is 0 Å². The third-order valence-corrected chi connectivity index (χ3v) is 4.67. The van der Waals surface area contributed by atoms with Gasteiger partial charge in [-0.15, -0.1) is 0 Å². The van der Waals surface area contributed by atoms with Gasteiger partial charge >= 0.3 is 0 Å². The van der Waals surface area contributed by atoms with E-state index in [1.54, 1.807) is 7.11 Å². The van der Waals surface area contributed by atoms with E-state index in [1.165, 1.54) is 38.5 Å². The lowest BCUT2D eigenvalue weighted by molar-refractivity contribution is -0.0976. The Labute approximate surface area is 99.4 Å². The average molecular weight is 226 g/mol. The summed E-state index contributed by atoms with van der Waals surface area (Å²) in [6, 6.07) is 0. The summed E-state index contributed by atoms with van der Waals surface area (Å²) in [4.78, 5) is 0. The molecule has 2 heteroatoms. The lowest BCUT2D eigenvalue weighted by atomic mass is 9.72. The van der Waals surface area contributed by atoms with Crippen LogP contribution in [0.1, 0.15) is 64.2 Å². The molecule has 0 aromatic heterocycles. The normalized spacial score (nSPS) is 38.2. The van der Waals surface area contributed by atoms with Crippen molar-refractivity contribution in [2.75, 3.05) is 7.11 Å². The van der Waals surface area contributed by atoms with Gasteiger partial charge in [-0.2, -0.15) is 0 Å². The third kappa shape index (κ3) is 2.78. The quantitative estimate of drug-likeness (QED) is 0.732. The van der Waals surface area contributed by atoms with Crippen molar-refractivity contribution in [3.05, 3.63) is 0 Å². The smallest absolute Gasteiger partial charge is 0.0700 e. The highest BCUT2D eigenvalue weighted by Gasteiger charge is 2.40. The predicted octanol–water partition coefficient (Wildman–Crippen LogP) is 3.28. The highest BCUT2D eigenvalue weighted by Crippen LogP contribution is 2.41. The summed E-state index contributed by atoms with van der Waals surface area (Å²) in [6.45, 7) is 0. The largest absolute Gasteiger partial charge is 0.390 e. The molecule has 2 fully saturated rings. The molecule has 2 unspecified atom stereocenters. The van der Waals surface area contributed by atoms with Gasteiger partial charge in [0.05, 0.1) is 11.7 Å². The fraction of sp³-hybridized carbons (Fsp3) is 1.00. The molecular weight excluding hydrogens is 200 g/mol. The topological polar surface area (TPSA) is 29.5 Å². The molecule has 94 valence electrons. The molecule has 2 nitrogen and oxygen atoms in total. The highest BCUT2D eigenvalue weighted by atomic mass is 16.5. The van der Waals surface area contributed by atoms with Crippen LogP contribution in [-0.4, -0.2) is 23.9 Å². The molecule has 1 N–H and O–H groups in total. The molecule has 0 aromatic rings. The average Bonchev–Trinajstić information content (AvgIpc) is 2.58. The van der Waals surface area contributed by atoms with Crippen LogP contribution < -0.4 is 0 Å². The second kappa shape index (κ2) is 5.50. The highest BCUT2D eigenvalue weighted by molar-refractivity contribution is 4.93. The van der Waals surface area contributed by atoms with E-state index in [4.69, 9.17) is 4.74 Å². The fourth-order valence-corrected chi connectivity index (χ4v) is 3.62. The molecule has 2 aliphatic carbocycles. The number of rotatable bonds is 2. The van der Waals surface area contributed by atoms with E-state index in [-0.39, 0.29) is 0 Å². The molecule has 0 heterocycles. The second-order valence-corrected chi connectivity index (χ2v) is 5.75. The van der Waals surface area contributed by atoms with Crippen LogP contribution in [0.3, 0.4) is 0 Å². The van der Waals surface area contributed by atoms with Crippen LogP contribution in [0.2, 0.25) is 0 Å². The first-order chi connectivity index (χ1) is 7.74. The van der Waals surface area contributed by atoms with Crippen LogP contribution in [0.25, 0.3) is 0 Å². The summed E-state index contributed by atoms with van der Waals surface area (Å²) in [7, 11) is 1.78. The Kier molecular flexibility index (Phi) is 4.26. The summed E-state index contributed by atoms with van der Waals surface area (Å²) in [5.41, 5.74) is -0.413. The second-order valence-electron chi connectivity index (χ2n) is 5.75. The van der Waals surface area contributed by atoms with Gasteiger partial charge in [0.2, 0.25) is 0 Å². The lowest BCUT2D eigenvalue weighted by Crippen LogP contribution is -2.44. The van der Waals surface area contributed by atoms with Crippen molar-refractivity contribution < 1.29 is 9.84 Å². The minimum atomic E-state index is -0.413. The van der Waals surface area contributed by atoms with Gasteiger partial charge in [-0.25, -0.2) is 0 Å². The van der Waals surface area contributed by atoms with E-state index in [9.17, 15) is 5.11 Å². The van der Waals surface area contributed by atoms with E-state index in [0.717, 1.165) is 25.7 Å². The van der Waals surface area contributed by atoms with Crippen molar-refractivity contribution in [2.24, 2.45) is 5.92 Å². The molecule has 0 aliphatic heterocycles.